The minimum Gasteiger partial charge on any atom is -0.459 e. The number of nitrogens with zero attached hydrogens (tertiary/aromatic N) is 6. The fourth-order valence-electron chi connectivity index (χ4n) is 13.4. The van der Waals surface area contributed by atoms with E-state index in [0.717, 1.165) is 54.5 Å². The summed E-state index contributed by atoms with van der Waals surface area (Å²) >= 11 is 0. The summed E-state index contributed by atoms with van der Waals surface area (Å²) in [5, 5.41) is 23.7. The third kappa shape index (κ3) is 19.1. The average Bonchev–Trinajstić information content (AvgIpc) is 0.838. The van der Waals surface area contributed by atoms with Crippen LogP contribution in [0.4, 0.5) is 10.7 Å². The number of hydrogen-bond donors (Lipinski definition) is 3. The van der Waals surface area contributed by atoms with Gasteiger partial charge in [-0.3, -0.25) is 24.1 Å². The summed E-state index contributed by atoms with van der Waals surface area (Å²) in [7, 11) is 6.16. The van der Waals surface area contributed by atoms with Gasteiger partial charge in [0.2, 0.25) is 11.7 Å². The number of Topliss-reactive ketones (excluding diaryl/α,β-unsaturated/α-hetero) is 3. The van der Waals surface area contributed by atoms with Gasteiger partial charge < -0.3 is 68.5 Å². The number of fused-ring (bicyclic) bond motifs is 4. The molecule has 4 N–H and O–H groups in total. The minimum absolute atomic E-state index is 0.0156. The van der Waals surface area contributed by atoms with Gasteiger partial charge in [-0.15, -0.1) is 0 Å². The predicted molar refractivity (Wildman–Crippen MR) is 336 cm³/mol. The summed E-state index contributed by atoms with van der Waals surface area (Å²) in [6, 6.07) is -2.17. The van der Waals surface area contributed by atoms with Gasteiger partial charge in [-0.1, -0.05) is 64.2 Å². The zero-order valence-corrected chi connectivity index (χ0v) is 55.0. The lowest BCUT2D eigenvalue weighted by Gasteiger charge is -2.42. The van der Waals surface area contributed by atoms with E-state index in [4.69, 9.17) is 53.6 Å². The molecular weight excluding hydrogens is 1160 g/mol. The predicted octanol–water partition coefficient (Wildman–Crippen LogP) is 5.65. The third-order valence-corrected chi connectivity index (χ3v) is 19.3. The van der Waals surface area contributed by atoms with Crippen LogP contribution in [-0.2, 0) is 74.8 Å². The van der Waals surface area contributed by atoms with Crippen molar-refractivity contribution in [3.8, 4) is 0 Å². The first kappa shape index (κ1) is 72.1. The van der Waals surface area contributed by atoms with E-state index in [1.807, 2.05) is 50.4 Å². The highest BCUT2D eigenvalue weighted by atomic mass is 16.6. The highest BCUT2D eigenvalue weighted by molar-refractivity contribution is 6.39. The van der Waals surface area contributed by atoms with Crippen molar-refractivity contribution in [2.75, 3.05) is 99.0 Å². The first-order valence-electron chi connectivity index (χ1n) is 32.7. The van der Waals surface area contributed by atoms with Crippen LogP contribution >= 0.6 is 0 Å². The van der Waals surface area contributed by atoms with E-state index in [9.17, 15) is 39.0 Å². The van der Waals surface area contributed by atoms with E-state index in [2.05, 4.69) is 9.80 Å². The second kappa shape index (κ2) is 34.5. The molecule has 502 valence electrons. The first-order chi connectivity index (χ1) is 43.1. The number of hydrogen-bond acceptors (Lipinski definition) is 21. The zero-order valence-electron chi connectivity index (χ0n) is 55.0. The molecule has 7 rings (SSSR count). The number of ether oxygens (including phenoxy) is 8. The van der Waals surface area contributed by atoms with Gasteiger partial charge in [0.1, 0.15) is 36.2 Å². The van der Waals surface area contributed by atoms with Crippen molar-refractivity contribution in [1.82, 2.24) is 24.7 Å². The van der Waals surface area contributed by atoms with Crippen LogP contribution in [0.15, 0.2) is 53.8 Å². The number of aromatic nitrogens is 2. The topological polar surface area (TPSA) is 281 Å². The number of piperazine rings is 1. The molecule has 0 aromatic carbocycles. The van der Waals surface area contributed by atoms with E-state index >= 15 is 0 Å². The lowest BCUT2D eigenvalue weighted by molar-refractivity contribution is -0.265. The van der Waals surface area contributed by atoms with Crippen LogP contribution in [0.3, 0.4) is 0 Å². The van der Waals surface area contributed by atoms with Crippen molar-refractivity contribution < 1.29 is 76.9 Å². The smallest absolute Gasteiger partial charge is 0.410 e. The Kier molecular flexibility index (Phi) is 27.7. The average molecular weight is 1260 g/mol. The molecule has 3 saturated heterocycles. The summed E-state index contributed by atoms with van der Waals surface area (Å²) in [6.45, 7) is 17.4. The lowest BCUT2D eigenvalue weighted by Crippen LogP contribution is -2.61. The number of amides is 2. The number of carbonyl (C=O) groups excluding carboxylic acids is 6. The second-order valence-electron chi connectivity index (χ2n) is 25.9. The van der Waals surface area contributed by atoms with Gasteiger partial charge in [0.25, 0.3) is 11.7 Å². The number of aliphatic hydroxyl groups excluding tert-OH is 1. The Labute approximate surface area is 532 Å². The Hall–Kier alpha value is -5.34. The maximum atomic E-state index is 14.7. The summed E-state index contributed by atoms with van der Waals surface area (Å²) in [5.74, 6) is -7.81. The number of anilines is 1. The molecule has 5 aliphatic heterocycles. The number of allylic oxidation sites excluding steroid dienone is 6. The number of methoxy groups -OCH3 is 4. The summed E-state index contributed by atoms with van der Waals surface area (Å²) in [6.07, 6.45) is 11.1. The molecule has 1 saturated carbocycles. The standard InChI is InChI=1S/C67H103N7O16/c1-42-16-12-11-13-17-43(2)56(84-8)38-50-21-19-47(6)67(82,90-50)62(78)63(79)74-24-15-14-18-53(74)64(80)88-57(39-54(75)44(3)35-46(5)60(77)61(86-10)59(76)45(4)34-42)51(68)36-48-20-22-55(58(37-48)85-9)89-66(81)73-25-23-52-49(41-73)40-69-65(70-52)72-28-26-71(27-29-72)30-31-87-33-32-83-7/h11-13,16-17,35,40,42,44-45,47-48,50-51,53,55-58,60-61,77,82H,14-15,18-34,36-39,41,68H2,1-10H3/b13-11+,16-12+,43-17+,46-35+/t42-,44-,45-,47-,48+,50+,51-,53+,55-,56+,57+,58-,60-,61+,67-/m1/s1. The highest BCUT2D eigenvalue weighted by Crippen LogP contribution is 2.38. The quantitative estimate of drug-likeness (QED) is 0.0878. The maximum absolute atomic E-state index is 14.7. The highest BCUT2D eigenvalue weighted by Gasteiger charge is 2.53. The maximum Gasteiger partial charge on any atom is 0.410 e. The van der Waals surface area contributed by atoms with E-state index < -0.39 is 102 Å². The number of ketones is 3. The fraction of sp³-hybridized carbons (Fsp3) is 0.731. The van der Waals surface area contributed by atoms with E-state index in [-0.39, 0.29) is 55.6 Å². The van der Waals surface area contributed by atoms with E-state index in [1.165, 1.54) is 7.11 Å². The molecule has 2 bridgehead atoms. The molecule has 6 aliphatic rings. The molecule has 4 fully saturated rings. The van der Waals surface area contributed by atoms with Crippen molar-refractivity contribution in [3.63, 3.8) is 0 Å². The van der Waals surface area contributed by atoms with Crippen molar-refractivity contribution in [2.24, 2.45) is 35.3 Å². The van der Waals surface area contributed by atoms with Gasteiger partial charge in [-0.25, -0.2) is 19.6 Å². The van der Waals surface area contributed by atoms with Crippen LogP contribution in [0.25, 0.3) is 0 Å². The van der Waals surface area contributed by atoms with Crippen LogP contribution in [0.1, 0.15) is 130 Å². The first-order valence-corrected chi connectivity index (χ1v) is 32.7. The monoisotopic (exact) mass is 1260 g/mol. The number of nitrogens with two attached hydrogens (primary N) is 1. The van der Waals surface area contributed by atoms with Crippen molar-refractivity contribution in [3.05, 3.63) is 65.1 Å². The summed E-state index contributed by atoms with van der Waals surface area (Å²) in [4.78, 5) is 103. The Balaban J connectivity index is 1.05. The summed E-state index contributed by atoms with van der Waals surface area (Å²) in [5.41, 5.74) is 10.1. The van der Waals surface area contributed by atoms with Crippen LogP contribution in [0, 0.1) is 29.6 Å². The Bertz CT molecular complexity index is 2700. The van der Waals surface area contributed by atoms with E-state index in [0.29, 0.717) is 102 Å². The molecule has 1 aliphatic carbocycles. The van der Waals surface area contributed by atoms with Crippen LogP contribution in [0.2, 0.25) is 0 Å². The van der Waals surface area contributed by atoms with E-state index in [1.54, 1.807) is 60.0 Å². The number of rotatable bonds is 14. The molecule has 90 heavy (non-hydrogen) atoms. The third-order valence-electron chi connectivity index (χ3n) is 19.3. The molecule has 1 aromatic heterocycles. The molecular formula is C67H103N7O16. The SMILES string of the molecule is COCCOCCN1CCN(c2ncc3c(n2)CCN(C(=O)O[C@@H]2CC[C@@H](C[C@@H](N)[C@@H]4CC(=O)[C@H](C)/C=C(\C)[C@@H](O)[C@@H](OC)C(=O)[C@H](C)C[C@H](C)/C=C/C=C/C=C(\C)[C@@H](OC)C[C@@H]5CC[C@@H](C)[C@@](O)(O5)C(=O)C(=O)N5CCCC[C@H]5C(=O)O4)C[C@H]2OC)C3)CC1. The van der Waals surface area contributed by atoms with Crippen molar-refractivity contribution >= 4 is 41.3 Å². The van der Waals surface area contributed by atoms with Gasteiger partial charge in [0, 0.05) is 129 Å². The van der Waals surface area contributed by atoms with Crippen LogP contribution in [0.5, 0.6) is 0 Å². The Morgan fingerprint density at radius 1 is 0.833 bits per heavy atom. The molecule has 23 nitrogen and oxygen atoms in total. The van der Waals surface area contributed by atoms with Gasteiger partial charge in [0.15, 0.2) is 5.78 Å². The Morgan fingerprint density at radius 3 is 2.32 bits per heavy atom. The second-order valence-corrected chi connectivity index (χ2v) is 25.9. The number of carbonyl (C=O) groups is 6. The molecule has 23 heteroatoms. The molecule has 2 amide bonds. The van der Waals surface area contributed by atoms with Gasteiger partial charge in [0.05, 0.1) is 50.4 Å². The molecule has 1 aromatic rings. The minimum atomic E-state index is -2.49. The number of aliphatic hydroxyl groups is 2. The van der Waals surface area contributed by atoms with Gasteiger partial charge in [-0.05, 0) is 101 Å². The Morgan fingerprint density at radius 2 is 1.60 bits per heavy atom. The molecule has 6 heterocycles. The normalized spacial score (nSPS) is 34.4. The van der Waals surface area contributed by atoms with Gasteiger partial charge >= 0.3 is 12.1 Å². The van der Waals surface area contributed by atoms with Crippen LogP contribution < -0.4 is 10.6 Å². The largest absolute Gasteiger partial charge is 0.459 e. The van der Waals surface area contributed by atoms with Crippen molar-refractivity contribution in [2.45, 2.75) is 192 Å². The zero-order chi connectivity index (χ0) is 65.2. The fourth-order valence-corrected chi connectivity index (χ4v) is 13.4. The number of esters is 1. The van der Waals surface area contributed by atoms with Crippen molar-refractivity contribution in [1.29, 1.82) is 0 Å². The molecule has 0 radical (unpaired) electrons. The lowest BCUT2D eigenvalue weighted by atomic mass is 9.80. The molecule has 15 atom stereocenters. The van der Waals surface area contributed by atoms with Crippen LogP contribution in [-0.4, -0.2) is 225 Å². The number of piperidine rings is 1. The molecule has 0 unspecified atom stereocenters. The summed E-state index contributed by atoms with van der Waals surface area (Å²) < 4.78 is 46.9. The van der Waals surface area contributed by atoms with Gasteiger partial charge in [-0.2, -0.15) is 0 Å². The molecule has 0 spiro atoms. The number of cyclic esters (lactones) is 1.